The zero-order chi connectivity index (χ0) is 12.8. The Morgan fingerprint density at radius 1 is 1.39 bits per heavy atom. The van der Waals surface area contributed by atoms with Gasteiger partial charge in [-0.15, -0.1) is 0 Å². The van der Waals surface area contributed by atoms with E-state index in [2.05, 4.69) is 31.3 Å². The van der Waals surface area contributed by atoms with Crippen molar-refractivity contribution in [1.29, 1.82) is 0 Å². The van der Waals surface area contributed by atoms with Crippen LogP contribution in [0.25, 0.3) is 0 Å². The maximum atomic E-state index is 5.76. The summed E-state index contributed by atoms with van der Waals surface area (Å²) in [4.78, 5) is 0. The summed E-state index contributed by atoms with van der Waals surface area (Å²) in [6.45, 7) is 6.67. The van der Waals surface area contributed by atoms with Crippen LogP contribution >= 0.6 is 0 Å². The van der Waals surface area contributed by atoms with Gasteiger partial charge in [-0.05, 0) is 38.8 Å². The Kier molecular flexibility index (Phi) is 5.02. The topological polar surface area (TPSA) is 30.5 Å². The second-order valence-electron chi connectivity index (χ2n) is 5.11. The third kappa shape index (κ3) is 4.31. The highest BCUT2D eigenvalue weighted by Crippen LogP contribution is 2.12. The van der Waals surface area contributed by atoms with Crippen molar-refractivity contribution in [1.82, 2.24) is 5.32 Å². The first-order valence-corrected chi connectivity index (χ1v) is 6.77. The Labute approximate surface area is 109 Å². The van der Waals surface area contributed by atoms with E-state index in [9.17, 15) is 0 Å². The third-order valence-corrected chi connectivity index (χ3v) is 3.20. The predicted octanol–water partition coefficient (Wildman–Crippen LogP) is 2.53. The summed E-state index contributed by atoms with van der Waals surface area (Å²) in [5.41, 5.74) is 1.26. The molecule has 1 N–H and O–H groups in total. The van der Waals surface area contributed by atoms with Crippen molar-refractivity contribution < 1.29 is 9.47 Å². The number of rotatable bonds is 5. The van der Waals surface area contributed by atoms with Crippen LogP contribution in [-0.2, 0) is 4.74 Å². The molecular formula is C15H23NO2. The van der Waals surface area contributed by atoms with E-state index in [0.717, 1.165) is 25.4 Å². The highest BCUT2D eigenvalue weighted by Gasteiger charge is 2.15. The number of ether oxygens (including phenoxy) is 2. The highest BCUT2D eigenvalue weighted by molar-refractivity contribution is 5.26. The van der Waals surface area contributed by atoms with Gasteiger partial charge in [-0.25, -0.2) is 0 Å². The Morgan fingerprint density at radius 3 is 2.83 bits per heavy atom. The van der Waals surface area contributed by atoms with Crippen LogP contribution in [0.2, 0.25) is 0 Å². The molecule has 1 heterocycles. The minimum absolute atomic E-state index is 0.345. The van der Waals surface area contributed by atoms with Crippen LogP contribution in [0, 0.1) is 6.92 Å². The van der Waals surface area contributed by atoms with Crippen molar-refractivity contribution in [3.05, 3.63) is 29.8 Å². The second kappa shape index (κ2) is 6.76. The maximum absolute atomic E-state index is 5.76. The van der Waals surface area contributed by atoms with E-state index in [1.165, 1.54) is 12.0 Å². The maximum Gasteiger partial charge on any atom is 0.119 e. The number of benzene rings is 1. The molecule has 3 heteroatoms. The lowest BCUT2D eigenvalue weighted by Gasteiger charge is -2.26. The van der Waals surface area contributed by atoms with Crippen molar-refractivity contribution in [3.63, 3.8) is 0 Å². The average molecular weight is 249 g/mol. The SMILES string of the molecule is Cc1ccc(OCC(C)NC2CCCOC2)cc1. The first-order valence-electron chi connectivity index (χ1n) is 6.77. The molecule has 0 saturated carbocycles. The second-order valence-corrected chi connectivity index (χ2v) is 5.11. The van der Waals surface area contributed by atoms with E-state index in [1.807, 2.05) is 12.1 Å². The summed E-state index contributed by atoms with van der Waals surface area (Å²) >= 11 is 0. The standard InChI is InChI=1S/C15H23NO2/c1-12-5-7-15(8-6-12)18-10-13(2)16-14-4-3-9-17-11-14/h5-8,13-14,16H,3-4,9-11H2,1-2H3. The van der Waals surface area contributed by atoms with E-state index in [4.69, 9.17) is 9.47 Å². The quantitative estimate of drug-likeness (QED) is 0.870. The van der Waals surface area contributed by atoms with Crippen molar-refractivity contribution >= 4 is 0 Å². The van der Waals surface area contributed by atoms with Crippen LogP contribution in [-0.4, -0.2) is 31.9 Å². The number of hydrogen-bond acceptors (Lipinski definition) is 3. The van der Waals surface area contributed by atoms with Gasteiger partial charge in [-0.2, -0.15) is 0 Å². The van der Waals surface area contributed by atoms with Crippen molar-refractivity contribution in [2.24, 2.45) is 0 Å². The molecule has 0 amide bonds. The molecular weight excluding hydrogens is 226 g/mol. The molecule has 0 spiro atoms. The smallest absolute Gasteiger partial charge is 0.119 e. The molecule has 2 rings (SSSR count). The molecule has 1 fully saturated rings. The first kappa shape index (κ1) is 13.4. The van der Waals surface area contributed by atoms with Crippen molar-refractivity contribution in [2.75, 3.05) is 19.8 Å². The molecule has 2 atom stereocenters. The fourth-order valence-electron chi connectivity index (χ4n) is 2.18. The highest BCUT2D eigenvalue weighted by atomic mass is 16.5. The van der Waals surface area contributed by atoms with Gasteiger partial charge in [0.15, 0.2) is 0 Å². The van der Waals surface area contributed by atoms with Gasteiger partial charge in [-0.3, -0.25) is 0 Å². The van der Waals surface area contributed by atoms with Gasteiger partial charge in [0.25, 0.3) is 0 Å². The average Bonchev–Trinajstić information content (AvgIpc) is 2.39. The van der Waals surface area contributed by atoms with E-state index in [0.29, 0.717) is 18.7 Å². The fourth-order valence-corrected chi connectivity index (χ4v) is 2.18. The lowest BCUT2D eigenvalue weighted by atomic mass is 10.1. The van der Waals surface area contributed by atoms with E-state index < -0.39 is 0 Å². The molecule has 2 unspecified atom stereocenters. The third-order valence-electron chi connectivity index (χ3n) is 3.20. The molecule has 1 aromatic carbocycles. The molecule has 1 aromatic rings. The largest absolute Gasteiger partial charge is 0.492 e. The van der Waals surface area contributed by atoms with Crippen LogP contribution in [0.3, 0.4) is 0 Å². The summed E-state index contributed by atoms with van der Waals surface area (Å²) in [7, 11) is 0. The number of nitrogens with one attached hydrogen (secondary N) is 1. The number of aryl methyl sites for hydroxylation is 1. The van der Waals surface area contributed by atoms with Crippen molar-refractivity contribution in [2.45, 2.75) is 38.8 Å². The molecule has 1 saturated heterocycles. The van der Waals surface area contributed by atoms with Gasteiger partial charge in [0.2, 0.25) is 0 Å². The first-order chi connectivity index (χ1) is 8.74. The molecule has 100 valence electrons. The Morgan fingerprint density at radius 2 is 2.17 bits per heavy atom. The zero-order valence-electron chi connectivity index (χ0n) is 11.3. The molecule has 1 aliphatic rings. The Hall–Kier alpha value is -1.06. The van der Waals surface area contributed by atoms with Crippen LogP contribution in [0.15, 0.2) is 24.3 Å². The molecule has 0 radical (unpaired) electrons. The zero-order valence-corrected chi connectivity index (χ0v) is 11.3. The molecule has 0 bridgehead atoms. The van der Waals surface area contributed by atoms with Crippen LogP contribution in [0.4, 0.5) is 0 Å². The van der Waals surface area contributed by atoms with Gasteiger partial charge in [0.05, 0.1) is 6.61 Å². The van der Waals surface area contributed by atoms with Crippen molar-refractivity contribution in [3.8, 4) is 5.75 Å². The van der Waals surface area contributed by atoms with Gasteiger partial charge < -0.3 is 14.8 Å². The summed E-state index contributed by atoms with van der Waals surface area (Å²) in [5, 5.41) is 3.55. The van der Waals surface area contributed by atoms with Crippen LogP contribution < -0.4 is 10.1 Å². The molecule has 0 aromatic heterocycles. The summed E-state index contributed by atoms with van der Waals surface area (Å²) in [5.74, 6) is 0.939. The van der Waals surface area contributed by atoms with Crippen LogP contribution in [0.1, 0.15) is 25.3 Å². The van der Waals surface area contributed by atoms with Crippen LogP contribution in [0.5, 0.6) is 5.75 Å². The monoisotopic (exact) mass is 249 g/mol. The summed E-state index contributed by atoms with van der Waals surface area (Å²) in [6.07, 6.45) is 2.36. The van der Waals surface area contributed by atoms with Gasteiger partial charge in [0, 0.05) is 18.7 Å². The van der Waals surface area contributed by atoms with E-state index in [-0.39, 0.29) is 0 Å². The predicted molar refractivity (Wildman–Crippen MR) is 73.1 cm³/mol. The van der Waals surface area contributed by atoms with E-state index >= 15 is 0 Å². The fraction of sp³-hybridized carbons (Fsp3) is 0.600. The van der Waals surface area contributed by atoms with Gasteiger partial charge in [0.1, 0.15) is 12.4 Å². The number of hydrogen-bond donors (Lipinski definition) is 1. The Bertz CT molecular complexity index is 344. The minimum atomic E-state index is 0.345. The van der Waals surface area contributed by atoms with E-state index in [1.54, 1.807) is 0 Å². The molecule has 1 aliphatic heterocycles. The van der Waals surface area contributed by atoms with Gasteiger partial charge in [-0.1, -0.05) is 17.7 Å². The molecule has 0 aliphatic carbocycles. The molecule has 18 heavy (non-hydrogen) atoms. The van der Waals surface area contributed by atoms with Gasteiger partial charge >= 0.3 is 0 Å². The Balaban J connectivity index is 1.70. The minimum Gasteiger partial charge on any atom is -0.492 e. The summed E-state index contributed by atoms with van der Waals surface area (Å²) < 4.78 is 11.2. The normalized spacial score (nSPS) is 21.6. The lowest BCUT2D eigenvalue weighted by Crippen LogP contribution is -2.44. The molecule has 3 nitrogen and oxygen atoms in total. The summed E-state index contributed by atoms with van der Waals surface area (Å²) in [6, 6.07) is 9.01. The lowest BCUT2D eigenvalue weighted by molar-refractivity contribution is 0.0644.